The lowest BCUT2D eigenvalue weighted by molar-refractivity contribution is 0.0687. The molecule has 6 heteroatoms. The molecule has 0 aliphatic rings. The summed E-state index contributed by atoms with van der Waals surface area (Å²) in [5.41, 5.74) is 1.53. The Hall–Kier alpha value is -3.02. The van der Waals surface area contributed by atoms with Gasteiger partial charge in [-0.25, -0.2) is 9.48 Å². The van der Waals surface area contributed by atoms with Gasteiger partial charge in [0.25, 0.3) is 0 Å². The van der Waals surface area contributed by atoms with Crippen molar-refractivity contribution in [3.63, 3.8) is 0 Å². The van der Waals surface area contributed by atoms with Gasteiger partial charge in [-0.3, -0.25) is 0 Å². The highest BCUT2D eigenvalue weighted by atomic mass is 16.4. The van der Waals surface area contributed by atoms with Crippen LogP contribution in [-0.4, -0.2) is 26.0 Å². The summed E-state index contributed by atoms with van der Waals surface area (Å²) in [6, 6.07) is 9.69. The molecule has 0 radical (unpaired) electrons. The molecule has 0 saturated carbocycles. The molecule has 3 aromatic rings. The third-order valence-corrected chi connectivity index (χ3v) is 3.06. The summed E-state index contributed by atoms with van der Waals surface area (Å²) in [6.45, 7) is 1.85. The number of aromatic hydroxyl groups is 1. The van der Waals surface area contributed by atoms with Crippen molar-refractivity contribution in [1.29, 1.82) is 0 Å². The maximum atomic E-state index is 11.4. The first-order valence-corrected chi connectivity index (χ1v) is 6.23. The monoisotopic (exact) mass is 284 g/mol. The van der Waals surface area contributed by atoms with Crippen molar-refractivity contribution in [2.75, 3.05) is 0 Å². The number of carbonyl (C=O) groups is 1. The molecule has 2 heterocycles. The number of aromatic carboxylic acids is 1. The van der Waals surface area contributed by atoms with E-state index in [0.29, 0.717) is 17.1 Å². The molecular weight excluding hydrogens is 272 g/mol. The van der Waals surface area contributed by atoms with Gasteiger partial charge in [-0.15, -0.1) is 0 Å². The van der Waals surface area contributed by atoms with Gasteiger partial charge in [0.2, 0.25) is 0 Å². The fraction of sp³-hybridized carbons (Fsp3) is 0.0667. The van der Waals surface area contributed by atoms with Crippen LogP contribution < -0.4 is 0 Å². The lowest BCUT2D eigenvalue weighted by Crippen LogP contribution is -2.08. The highest BCUT2D eigenvalue weighted by Gasteiger charge is 2.19. The van der Waals surface area contributed by atoms with E-state index in [1.165, 1.54) is 23.1 Å². The van der Waals surface area contributed by atoms with E-state index in [9.17, 15) is 15.0 Å². The number of carboxylic acid groups (broad SMARTS) is 1. The molecule has 1 aromatic carbocycles. The fourth-order valence-corrected chi connectivity index (χ4v) is 2.06. The Morgan fingerprint density at radius 2 is 2.10 bits per heavy atom. The van der Waals surface area contributed by atoms with E-state index in [1.807, 2.05) is 6.92 Å². The Balaban J connectivity index is 2.21. The van der Waals surface area contributed by atoms with Crippen molar-refractivity contribution in [2.45, 2.75) is 6.92 Å². The van der Waals surface area contributed by atoms with Crippen LogP contribution in [0.3, 0.4) is 0 Å². The molecule has 0 aliphatic carbocycles. The van der Waals surface area contributed by atoms with Gasteiger partial charge >= 0.3 is 5.97 Å². The Morgan fingerprint density at radius 1 is 1.29 bits per heavy atom. The highest BCUT2D eigenvalue weighted by Crippen LogP contribution is 2.27. The van der Waals surface area contributed by atoms with Crippen molar-refractivity contribution < 1.29 is 19.4 Å². The number of hydrogen-bond acceptors (Lipinski definition) is 4. The molecule has 0 spiro atoms. The summed E-state index contributed by atoms with van der Waals surface area (Å²) >= 11 is 0. The summed E-state index contributed by atoms with van der Waals surface area (Å²) in [4.78, 5) is 11.4. The minimum absolute atomic E-state index is 0.0443. The predicted molar refractivity (Wildman–Crippen MR) is 74.6 cm³/mol. The molecule has 0 unspecified atom stereocenters. The number of phenolic OH excluding ortho intramolecular Hbond substituents is 1. The second-order valence-corrected chi connectivity index (χ2v) is 4.60. The topological polar surface area (TPSA) is 88.5 Å². The van der Waals surface area contributed by atoms with Gasteiger partial charge < -0.3 is 14.6 Å². The summed E-state index contributed by atoms with van der Waals surface area (Å²) in [6.07, 6.45) is 1.49. The van der Waals surface area contributed by atoms with Crippen molar-refractivity contribution in [1.82, 2.24) is 9.78 Å². The maximum absolute atomic E-state index is 11.4. The van der Waals surface area contributed by atoms with Gasteiger partial charge in [0.15, 0.2) is 11.5 Å². The normalized spacial score (nSPS) is 10.7. The molecule has 0 atom stereocenters. The van der Waals surface area contributed by atoms with E-state index in [2.05, 4.69) is 5.10 Å². The number of aryl methyl sites for hydroxylation is 1. The van der Waals surface area contributed by atoms with Crippen LogP contribution in [0.2, 0.25) is 0 Å². The first-order valence-electron chi connectivity index (χ1n) is 6.23. The number of hydrogen-bond donors (Lipinski definition) is 2. The molecule has 0 amide bonds. The summed E-state index contributed by atoms with van der Waals surface area (Å²) in [5.74, 6) is -0.721. The van der Waals surface area contributed by atoms with Gasteiger partial charge in [0.05, 0.1) is 6.26 Å². The SMILES string of the molecule is Cc1ccc(O)c(-n2nc(-c3ccco3)cc2C(=O)O)c1. The number of rotatable bonds is 3. The van der Waals surface area contributed by atoms with Crippen molar-refractivity contribution in [2.24, 2.45) is 0 Å². The quantitative estimate of drug-likeness (QED) is 0.772. The van der Waals surface area contributed by atoms with E-state index >= 15 is 0 Å². The number of phenols is 1. The molecule has 21 heavy (non-hydrogen) atoms. The lowest BCUT2D eigenvalue weighted by Gasteiger charge is -2.07. The van der Waals surface area contributed by atoms with Crippen LogP contribution in [0.1, 0.15) is 16.1 Å². The van der Waals surface area contributed by atoms with Crippen LogP contribution in [0.25, 0.3) is 17.1 Å². The summed E-state index contributed by atoms with van der Waals surface area (Å²) < 4.78 is 6.42. The molecular formula is C15H12N2O4. The van der Waals surface area contributed by atoms with E-state index < -0.39 is 5.97 Å². The standard InChI is InChI=1S/C15H12N2O4/c1-9-4-5-13(18)11(7-9)17-12(15(19)20)8-10(16-17)14-3-2-6-21-14/h2-8,18H,1H3,(H,19,20). The zero-order chi connectivity index (χ0) is 15.0. The van der Waals surface area contributed by atoms with E-state index in [1.54, 1.807) is 24.3 Å². The minimum Gasteiger partial charge on any atom is -0.506 e. The fourth-order valence-electron chi connectivity index (χ4n) is 2.06. The van der Waals surface area contributed by atoms with Crippen molar-refractivity contribution in [3.05, 3.63) is 53.9 Å². The third kappa shape index (κ3) is 2.27. The number of nitrogens with zero attached hydrogens (tertiary/aromatic N) is 2. The van der Waals surface area contributed by atoms with Gasteiger partial charge in [-0.2, -0.15) is 5.10 Å². The van der Waals surface area contributed by atoms with E-state index in [-0.39, 0.29) is 11.4 Å². The van der Waals surface area contributed by atoms with Crippen LogP contribution in [0.15, 0.2) is 47.1 Å². The molecule has 6 nitrogen and oxygen atoms in total. The van der Waals surface area contributed by atoms with Crippen molar-refractivity contribution in [3.8, 4) is 22.9 Å². The van der Waals surface area contributed by atoms with Crippen LogP contribution in [0.4, 0.5) is 0 Å². The molecule has 2 N–H and O–H groups in total. The third-order valence-electron chi connectivity index (χ3n) is 3.06. The number of benzene rings is 1. The van der Waals surface area contributed by atoms with E-state index in [0.717, 1.165) is 5.56 Å². The molecule has 0 fully saturated rings. The number of aromatic nitrogens is 2. The second kappa shape index (κ2) is 4.82. The molecule has 0 saturated heterocycles. The largest absolute Gasteiger partial charge is 0.506 e. The smallest absolute Gasteiger partial charge is 0.354 e. The van der Waals surface area contributed by atoms with E-state index in [4.69, 9.17) is 4.42 Å². The Morgan fingerprint density at radius 3 is 2.76 bits per heavy atom. The zero-order valence-corrected chi connectivity index (χ0v) is 11.1. The molecule has 0 aliphatic heterocycles. The second-order valence-electron chi connectivity index (χ2n) is 4.60. The first-order chi connectivity index (χ1) is 10.1. The number of furan rings is 1. The Bertz CT molecular complexity index is 803. The lowest BCUT2D eigenvalue weighted by atomic mass is 10.2. The summed E-state index contributed by atoms with van der Waals surface area (Å²) in [5, 5.41) is 23.5. The van der Waals surface area contributed by atoms with Gasteiger partial charge in [0, 0.05) is 6.07 Å². The number of carboxylic acids is 1. The van der Waals surface area contributed by atoms with Gasteiger partial charge in [-0.1, -0.05) is 6.07 Å². The minimum atomic E-state index is -1.14. The van der Waals surface area contributed by atoms with Gasteiger partial charge in [0.1, 0.15) is 17.1 Å². The Kier molecular flexibility index (Phi) is 2.98. The zero-order valence-electron chi connectivity index (χ0n) is 11.1. The first kappa shape index (κ1) is 13.0. The van der Waals surface area contributed by atoms with Crippen molar-refractivity contribution >= 4 is 5.97 Å². The predicted octanol–water partition coefficient (Wildman–Crippen LogP) is 2.84. The summed E-state index contributed by atoms with van der Waals surface area (Å²) in [7, 11) is 0. The van der Waals surface area contributed by atoms with Crippen LogP contribution in [0.5, 0.6) is 5.75 Å². The van der Waals surface area contributed by atoms with Crippen LogP contribution in [-0.2, 0) is 0 Å². The highest BCUT2D eigenvalue weighted by molar-refractivity contribution is 5.88. The maximum Gasteiger partial charge on any atom is 0.354 e. The average molecular weight is 284 g/mol. The van der Waals surface area contributed by atoms with Gasteiger partial charge in [-0.05, 0) is 36.8 Å². The Labute approximate surface area is 119 Å². The molecule has 0 bridgehead atoms. The average Bonchev–Trinajstić information content (AvgIpc) is 3.09. The van der Waals surface area contributed by atoms with Crippen LogP contribution >= 0.6 is 0 Å². The van der Waals surface area contributed by atoms with Crippen LogP contribution in [0, 0.1) is 6.92 Å². The molecule has 2 aromatic heterocycles. The molecule has 3 rings (SSSR count). The molecule has 106 valence electrons.